The van der Waals surface area contributed by atoms with E-state index < -0.39 is 11.5 Å². The number of carboxylic acids is 1. The van der Waals surface area contributed by atoms with Crippen molar-refractivity contribution in [2.45, 2.75) is 25.8 Å². The lowest BCUT2D eigenvalue weighted by atomic mass is 9.90. The Bertz CT molecular complexity index is 461. The highest BCUT2D eigenvalue weighted by molar-refractivity contribution is 5.83. The third kappa shape index (κ3) is 2.86. The standard InChI is InChI=1S/C14H19NO4/c1-4-8-15(10-16)14(2,13(17)18)11-6-5-7-12(9-11)19-3/h5-7,9-10H,4,8H2,1-3H3,(H,17,18). The molecule has 1 unspecified atom stereocenters. The molecule has 0 fully saturated rings. The van der Waals surface area contributed by atoms with Crippen LogP contribution in [-0.2, 0) is 15.1 Å². The van der Waals surface area contributed by atoms with Crippen molar-refractivity contribution in [2.75, 3.05) is 13.7 Å². The number of carboxylic acid groups (broad SMARTS) is 1. The van der Waals surface area contributed by atoms with E-state index in [0.29, 0.717) is 30.7 Å². The maximum absolute atomic E-state index is 11.7. The Labute approximate surface area is 112 Å². The van der Waals surface area contributed by atoms with Gasteiger partial charge in [0.25, 0.3) is 0 Å². The number of aliphatic carboxylic acids is 1. The van der Waals surface area contributed by atoms with Crippen LogP contribution in [0.3, 0.4) is 0 Å². The van der Waals surface area contributed by atoms with E-state index in [1.165, 1.54) is 18.9 Å². The van der Waals surface area contributed by atoms with Gasteiger partial charge in [0.15, 0.2) is 5.54 Å². The van der Waals surface area contributed by atoms with E-state index in [4.69, 9.17) is 4.74 Å². The number of hydrogen-bond donors (Lipinski definition) is 1. The van der Waals surface area contributed by atoms with Gasteiger partial charge in [-0.05, 0) is 31.0 Å². The first-order valence-corrected chi connectivity index (χ1v) is 6.10. The molecule has 5 nitrogen and oxygen atoms in total. The van der Waals surface area contributed by atoms with Crippen molar-refractivity contribution in [2.24, 2.45) is 0 Å². The molecule has 1 aromatic carbocycles. The summed E-state index contributed by atoms with van der Waals surface area (Å²) in [4.78, 5) is 24.2. The molecule has 1 amide bonds. The smallest absolute Gasteiger partial charge is 0.334 e. The van der Waals surface area contributed by atoms with Crippen LogP contribution in [0.25, 0.3) is 0 Å². The van der Waals surface area contributed by atoms with Gasteiger partial charge < -0.3 is 14.7 Å². The first-order chi connectivity index (χ1) is 9.00. The minimum atomic E-state index is -1.40. The summed E-state index contributed by atoms with van der Waals surface area (Å²) >= 11 is 0. The van der Waals surface area contributed by atoms with Crippen molar-refractivity contribution in [3.8, 4) is 5.75 Å². The van der Waals surface area contributed by atoms with Crippen LogP contribution in [0, 0.1) is 0 Å². The number of benzene rings is 1. The summed E-state index contributed by atoms with van der Waals surface area (Å²) in [7, 11) is 1.51. The number of carbonyl (C=O) groups excluding carboxylic acids is 1. The fraction of sp³-hybridized carbons (Fsp3) is 0.429. The van der Waals surface area contributed by atoms with E-state index in [1.54, 1.807) is 24.3 Å². The second-order valence-electron chi connectivity index (χ2n) is 4.41. The van der Waals surface area contributed by atoms with E-state index >= 15 is 0 Å². The maximum Gasteiger partial charge on any atom is 0.334 e. The molecule has 0 aliphatic carbocycles. The normalized spacial score (nSPS) is 13.4. The Morgan fingerprint density at radius 1 is 1.53 bits per heavy atom. The number of carbonyl (C=O) groups is 2. The number of hydrogen-bond acceptors (Lipinski definition) is 3. The Hall–Kier alpha value is -2.04. The number of ether oxygens (including phenoxy) is 1. The maximum atomic E-state index is 11.7. The average molecular weight is 265 g/mol. The van der Waals surface area contributed by atoms with Gasteiger partial charge in [-0.25, -0.2) is 4.79 Å². The summed E-state index contributed by atoms with van der Waals surface area (Å²) in [6, 6.07) is 6.77. The molecular formula is C14H19NO4. The van der Waals surface area contributed by atoms with Crippen LogP contribution in [0.1, 0.15) is 25.8 Å². The van der Waals surface area contributed by atoms with Gasteiger partial charge in [-0.3, -0.25) is 4.79 Å². The number of nitrogens with zero attached hydrogens (tertiary/aromatic N) is 1. The van der Waals surface area contributed by atoms with Crippen molar-refractivity contribution in [1.82, 2.24) is 4.90 Å². The molecule has 0 aliphatic heterocycles. The van der Waals surface area contributed by atoms with Crippen LogP contribution in [-0.4, -0.2) is 36.0 Å². The minimum Gasteiger partial charge on any atom is -0.497 e. The van der Waals surface area contributed by atoms with Gasteiger partial charge in [0.1, 0.15) is 5.75 Å². The Balaban J connectivity index is 3.31. The molecule has 0 aliphatic rings. The van der Waals surface area contributed by atoms with E-state index in [1.807, 2.05) is 6.92 Å². The summed E-state index contributed by atoms with van der Waals surface area (Å²) < 4.78 is 5.10. The van der Waals surface area contributed by atoms with E-state index in [2.05, 4.69) is 0 Å². The molecule has 0 saturated heterocycles. The number of methoxy groups -OCH3 is 1. The second kappa shape index (κ2) is 6.22. The van der Waals surface area contributed by atoms with Crippen molar-refractivity contribution in [3.63, 3.8) is 0 Å². The van der Waals surface area contributed by atoms with Crippen LogP contribution in [0.2, 0.25) is 0 Å². The van der Waals surface area contributed by atoms with E-state index in [0.717, 1.165) is 0 Å². The molecule has 104 valence electrons. The third-order valence-corrected chi connectivity index (χ3v) is 3.21. The van der Waals surface area contributed by atoms with E-state index in [-0.39, 0.29) is 0 Å². The van der Waals surface area contributed by atoms with Gasteiger partial charge in [0.05, 0.1) is 7.11 Å². The lowest BCUT2D eigenvalue weighted by Crippen LogP contribution is -2.49. The van der Waals surface area contributed by atoms with Crippen molar-refractivity contribution in [3.05, 3.63) is 29.8 Å². The lowest BCUT2D eigenvalue weighted by molar-refractivity contribution is -0.154. The zero-order valence-corrected chi connectivity index (χ0v) is 11.4. The zero-order valence-electron chi connectivity index (χ0n) is 11.4. The molecule has 1 atom stereocenters. The second-order valence-corrected chi connectivity index (χ2v) is 4.41. The SMILES string of the molecule is CCCN(C=O)C(C)(C(=O)O)c1cccc(OC)c1. The Morgan fingerprint density at radius 2 is 2.21 bits per heavy atom. The molecular weight excluding hydrogens is 246 g/mol. The van der Waals surface area contributed by atoms with Gasteiger partial charge in [-0.2, -0.15) is 0 Å². The van der Waals surface area contributed by atoms with Crippen molar-refractivity contribution in [1.29, 1.82) is 0 Å². The molecule has 0 heterocycles. The quantitative estimate of drug-likeness (QED) is 0.764. The highest BCUT2D eigenvalue weighted by Gasteiger charge is 2.40. The molecule has 1 rings (SSSR count). The lowest BCUT2D eigenvalue weighted by Gasteiger charge is -2.35. The molecule has 0 aromatic heterocycles. The van der Waals surface area contributed by atoms with Crippen molar-refractivity contribution < 1.29 is 19.4 Å². The Kier molecular flexibility index (Phi) is 4.92. The molecule has 1 N–H and O–H groups in total. The van der Waals surface area contributed by atoms with Gasteiger partial charge in [0.2, 0.25) is 6.41 Å². The first kappa shape index (κ1) is 15.0. The van der Waals surface area contributed by atoms with Gasteiger partial charge in [-0.15, -0.1) is 0 Å². The molecule has 0 bridgehead atoms. The van der Waals surface area contributed by atoms with Gasteiger partial charge in [0, 0.05) is 6.54 Å². The summed E-state index contributed by atoms with van der Waals surface area (Å²) in [6.45, 7) is 3.79. The molecule has 19 heavy (non-hydrogen) atoms. The van der Waals surface area contributed by atoms with Crippen LogP contribution in [0.4, 0.5) is 0 Å². The summed E-state index contributed by atoms with van der Waals surface area (Å²) in [5.74, 6) is -0.506. The summed E-state index contributed by atoms with van der Waals surface area (Å²) in [5.41, 5.74) is -0.883. The Morgan fingerprint density at radius 3 is 2.68 bits per heavy atom. The topological polar surface area (TPSA) is 66.8 Å². The van der Waals surface area contributed by atoms with Crippen LogP contribution >= 0.6 is 0 Å². The molecule has 1 aromatic rings. The van der Waals surface area contributed by atoms with E-state index in [9.17, 15) is 14.7 Å². The predicted molar refractivity (Wildman–Crippen MR) is 71.0 cm³/mol. The van der Waals surface area contributed by atoms with Crippen LogP contribution < -0.4 is 4.74 Å². The van der Waals surface area contributed by atoms with Gasteiger partial charge >= 0.3 is 5.97 Å². The summed E-state index contributed by atoms with van der Waals surface area (Å²) in [5, 5.41) is 9.54. The average Bonchev–Trinajstić information content (AvgIpc) is 2.43. The van der Waals surface area contributed by atoms with Crippen molar-refractivity contribution >= 4 is 12.4 Å². The zero-order chi connectivity index (χ0) is 14.5. The number of rotatable bonds is 7. The van der Waals surface area contributed by atoms with Crippen LogP contribution in [0.5, 0.6) is 5.75 Å². The molecule has 5 heteroatoms. The number of amides is 1. The molecule has 0 spiro atoms. The third-order valence-electron chi connectivity index (χ3n) is 3.21. The fourth-order valence-corrected chi connectivity index (χ4v) is 1.96. The van der Waals surface area contributed by atoms with Gasteiger partial charge in [-0.1, -0.05) is 19.1 Å². The van der Waals surface area contributed by atoms with Crippen LogP contribution in [0.15, 0.2) is 24.3 Å². The first-order valence-electron chi connectivity index (χ1n) is 6.10. The minimum absolute atomic E-state index is 0.378. The predicted octanol–water partition coefficient (Wildman–Crippen LogP) is 1.86. The molecule has 0 saturated carbocycles. The largest absolute Gasteiger partial charge is 0.497 e. The summed E-state index contributed by atoms with van der Waals surface area (Å²) in [6.07, 6.45) is 1.27. The monoisotopic (exact) mass is 265 g/mol. The highest BCUT2D eigenvalue weighted by atomic mass is 16.5. The highest BCUT2D eigenvalue weighted by Crippen LogP contribution is 2.30. The fourth-order valence-electron chi connectivity index (χ4n) is 1.96. The molecule has 0 radical (unpaired) electrons.